The lowest BCUT2D eigenvalue weighted by molar-refractivity contribution is -0.123. The molecule has 0 aliphatic heterocycles. The minimum absolute atomic E-state index is 0.0980. The van der Waals surface area contributed by atoms with Gasteiger partial charge in [0.25, 0.3) is 0 Å². The lowest BCUT2D eigenvalue weighted by Crippen LogP contribution is -2.44. The van der Waals surface area contributed by atoms with E-state index < -0.39 is 12.1 Å². The van der Waals surface area contributed by atoms with Crippen molar-refractivity contribution in [2.75, 3.05) is 33.2 Å². The van der Waals surface area contributed by atoms with E-state index in [0.717, 1.165) is 11.1 Å². The molecule has 0 saturated carbocycles. The van der Waals surface area contributed by atoms with Gasteiger partial charge in [-0.25, -0.2) is 0 Å². The molecule has 2 heterocycles. The van der Waals surface area contributed by atoms with Crippen molar-refractivity contribution in [2.24, 2.45) is 5.92 Å². The zero-order valence-electron chi connectivity index (χ0n) is 28.7. The molecule has 13 nitrogen and oxygen atoms in total. The van der Waals surface area contributed by atoms with E-state index in [-0.39, 0.29) is 28.8 Å². The van der Waals surface area contributed by atoms with Gasteiger partial charge in [-0.1, -0.05) is 31.5 Å². The van der Waals surface area contributed by atoms with Gasteiger partial charge in [0.1, 0.15) is 6.04 Å². The van der Waals surface area contributed by atoms with Gasteiger partial charge in [-0.3, -0.25) is 14.4 Å². The second kappa shape index (κ2) is 15.7. The molecule has 2 aromatic heterocycles. The number of aryl methyl sites for hydroxylation is 2. The molecule has 1 aliphatic carbocycles. The summed E-state index contributed by atoms with van der Waals surface area (Å²) in [6.07, 6.45) is 4.40. The number of aromatic nitrogens is 2. The fourth-order valence-corrected chi connectivity index (χ4v) is 6.12. The number of fused-ring (bicyclic) bond motifs is 3. The second-order valence-corrected chi connectivity index (χ2v) is 12.0. The van der Waals surface area contributed by atoms with Crippen LogP contribution in [0.5, 0.6) is 17.2 Å². The number of nitrogens with one attached hydrogen (secondary N) is 3. The van der Waals surface area contributed by atoms with Crippen LogP contribution in [-0.4, -0.2) is 55.9 Å². The standard InChI is InChI=1S/C36H43N5O8/c1-7-20(2)32(36(44)37-16-8-11-30-40-35(41-49-30)28-10-9-17-48-28)39-26-15-13-23-24(19-27(26)43)25(38-21(3)42)14-12-22-18-29(45-4)33(46-5)34(47-6)31(22)23/h9-10,13,15,17-20,25,32H,7-8,11-12,14,16H2,1-6H3,(H,37,44)(H,38,42)(H,39,43). The average Bonchev–Trinajstić information content (AvgIpc) is 3.75. The Hall–Kier alpha value is -5.33. The van der Waals surface area contributed by atoms with Gasteiger partial charge in [-0.15, -0.1) is 0 Å². The highest BCUT2D eigenvalue weighted by Gasteiger charge is 2.30. The first kappa shape index (κ1) is 35.0. The Balaban J connectivity index is 1.42. The average molecular weight is 674 g/mol. The van der Waals surface area contributed by atoms with E-state index in [1.165, 1.54) is 26.4 Å². The number of hydrogen-bond acceptors (Lipinski definition) is 11. The molecule has 1 aliphatic rings. The highest BCUT2D eigenvalue weighted by atomic mass is 16.5. The lowest BCUT2D eigenvalue weighted by Gasteiger charge is -2.24. The zero-order chi connectivity index (χ0) is 35.1. The molecule has 5 rings (SSSR count). The number of benzene rings is 1. The molecule has 3 atom stereocenters. The Labute approximate surface area is 284 Å². The SMILES string of the molecule is CCC(C)C(Nc1ccc2c(cc1=O)C(NC(C)=O)CCc1cc(OC)c(OC)c(OC)c1-2)C(=O)NCCCc1nc(-c2ccco2)no1. The van der Waals surface area contributed by atoms with Gasteiger partial charge in [0.05, 0.1) is 39.3 Å². The molecule has 0 fully saturated rings. The normalized spacial score (nSPS) is 14.8. The van der Waals surface area contributed by atoms with Crippen LogP contribution in [0.15, 0.2) is 56.4 Å². The Bertz CT molecular complexity index is 1840. The molecule has 0 radical (unpaired) electrons. The number of rotatable bonds is 14. The smallest absolute Gasteiger partial charge is 0.242 e. The van der Waals surface area contributed by atoms with Crippen LogP contribution in [0.1, 0.15) is 63.1 Å². The van der Waals surface area contributed by atoms with E-state index in [4.69, 9.17) is 23.2 Å². The van der Waals surface area contributed by atoms with Crippen molar-refractivity contribution >= 4 is 17.5 Å². The summed E-state index contributed by atoms with van der Waals surface area (Å²) in [5, 5.41) is 13.2. The van der Waals surface area contributed by atoms with Crippen LogP contribution < -0.4 is 35.6 Å². The van der Waals surface area contributed by atoms with Crippen LogP contribution in [-0.2, 0) is 22.4 Å². The van der Waals surface area contributed by atoms with Crippen LogP contribution in [0.3, 0.4) is 0 Å². The molecule has 13 heteroatoms. The maximum Gasteiger partial charge on any atom is 0.242 e. The minimum atomic E-state index is -0.689. The summed E-state index contributed by atoms with van der Waals surface area (Å²) in [4.78, 5) is 44.1. The van der Waals surface area contributed by atoms with Gasteiger partial charge in [-0.05, 0) is 72.2 Å². The first-order chi connectivity index (χ1) is 23.7. The molecular weight excluding hydrogens is 630 g/mol. The van der Waals surface area contributed by atoms with Crippen LogP contribution in [0, 0.1) is 5.92 Å². The quantitative estimate of drug-likeness (QED) is 0.153. The molecule has 4 aromatic rings. The predicted molar refractivity (Wildman–Crippen MR) is 183 cm³/mol. The zero-order valence-corrected chi connectivity index (χ0v) is 28.7. The molecule has 2 aromatic carbocycles. The summed E-state index contributed by atoms with van der Waals surface area (Å²) in [5.41, 5.74) is 2.95. The molecule has 49 heavy (non-hydrogen) atoms. The topological polar surface area (TPSA) is 167 Å². The van der Waals surface area contributed by atoms with Crippen molar-refractivity contribution in [3.05, 3.63) is 69.9 Å². The predicted octanol–water partition coefficient (Wildman–Crippen LogP) is 5.08. The molecule has 0 bridgehead atoms. The number of furan rings is 1. The van der Waals surface area contributed by atoms with Gasteiger partial charge in [-0.2, -0.15) is 4.98 Å². The van der Waals surface area contributed by atoms with E-state index in [1.807, 2.05) is 26.0 Å². The number of nitrogens with zero attached hydrogens (tertiary/aromatic N) is 2. The third kappa shape index (κ3) is 7.71. The summed E-state index contributed by atoms with van der Waals surface area (Å²) in [6.45, 7) is 5.77. The maximum absolute atomic E-state index is 13.9. The van der Waals surface area contributed by atoms with Gasteiger partial charge >= 0.3 is 0 Å². The fourth-order valence-electron chi connectivity index (χ4n) is 6.12. The van der Waals surface area contributed by atoms with Crippen molar-refractivity contribution in [1.29, 1.82) is 0 Å². The Morgan fingerprint density at radius 1 is 1.08 bits per heavy atom. The van der Waals surface area contributed by atoms with Gasteiger partial charge in [0, 0.05) is 25.5 Å². The number of carbonyl (C=O) groups is 2. The number of anilines is 1. The number of carbonyl (C=O) groups excluding carboxylic acids is 2. The minimum Gasteiger partial charge on any atom is -0.493 e. The molecule has 0 spiro atoms. The highest BCUT2D eigenvalue weighted by molar-refractivity contribution is 5.86. The van der Waals surface area contributed by atoms with Gasteiger partial charge in [0.15, 0.2) is 17.3 Å². The summed E-state index contributed by atoms with van der Waals surface area (Å²) < 4.78 is 27.8. The van der Waals surface area contributed by atoms with E-state index in [2.05, 4.69) is 26.1 Å². The highest BCUT2D eigenvalue weighted by Crippen LogP contribution is 2.50. The second-order valence-electron chi connectivity index (χ2n) is 12.0. The van der Waals surface area contributed by atoms with Crippen LogP contribution in [0.2, 0.25) is 0 Å². The van der Waals surface area contributed by atoms with Crippen LogP contribution >= 0.6 is 0 Å². The number of amides is 2. The summed E-state index contributed by atoms with van der Waals surface area (Å²) in [6, 6.07) is 9.32. The fraction of sp³-hybridized carbons (Fsp3) is 0.417. The molecule has 260 valence electrons. The summed E-state index contributed by atoms with van der Waals surface area (Å²) in [7, 11) is 4.65. The maximum atomic E-state index is 13.9. The van der Waals surface area contributed by atoms with E-state index in [0.29, 0.717) is 84.5 Å². The van der Waals surface area contributed by atoms with E-state index in [1.54, 1.807) is 32.4 Å². The number of ether oxygens (including phenoxy) is 3. The van der Waals surface area contributed by atoms with Crippen molar-refractivity contribution in [3.63, 3.8) is 0 Å². The van der Waals surface area contributed by atoms with Gasteiger partial charge < -0.3 is 39.1 Å². The van der Waals surface area contributed by atoms with E-state index in [9.17, 15) is 14.4 Å². The van der Waals surface area contributed by atoms with Crippen molar-refractivity contribution in [2.45, 2.75) is 65.0 Å². The summed E-state index contributed by atoms with van der Waals surface area (Å²) >= 11 is 0. The Morgan fingerprint density at radius 3 is 2.55 bits per heavy atom. The number of methoxy groups -OCH3 is 3. The van der Waals surface area contributed by atoms with Crippen molar-refractivity contribution in [3.8, 4) is 40.0 Å². The monoisotopic (exact) mass is 673 g/mol. The molecule has 3 N–H and O–H groups in total. The molecular formula is C36H43N5O8. The van der Waals surface area contributed by atoms with E-state index >= 15 is 0 Å². The molecule has 2 amide bonds. The number of hydrogen-bond donors (Lipinski definition) is 3. The Kier molecular flexibility index (Phi) is 11.2. The largest absolute Gasteiger partial charge is 0.493 e. The van der Waals surface area contributed by atoms with Crippen molar-refractivity contribution in [1.82, 2.24) is 20.8 Å². The molecule has 3 unspecified atom stereocenters. The lowest BCUT2D eigenvalue weighted by atomic mass is 9.95. The van der Waals surface area contributed by atoms with Crippen LogP contribution in [0.25, 0.3) is 22.7 Å². The Morgan fingerprint density at radius 2 is 1.88 bits per heavy atom. The first-order valence-corrected chi connectivity index (χ1v) is 16.4. The summed E-state index contributed by atoms with van der Waals surface area (Å²) in [5.74, 6) is 2.18. The molecule has 0 saturated heterocycles. The van der Waals surface area contributed by atoms with Crippen LogP contribution in [0.4, 0.5) is 5.69 Å². The van der Waals surface area contributed by atoms with Gasteiger partial charge in [0.2, 0.25) is 34.7 Å². The van der Waals surface area contributed by atoms with Crippen molar-refractivity contribution < 1.29 is 32.7 Å². The third-order valence-corrected chi connectivity index (χ3v) is 8.80. The third-order valence-electron chi connectivity index (χ3n) is 8.80. The first-order valence-electron chi connectivity index (χ1n) is 16.4.